The molecule has 408 valence electrons. The second-order valence-electron chi connectivity index (χ2n) is 21.5. The number of phosphoric ester groups is 1. The predicted molar refractivity (Wildman–Crippen MR) is 293 cm³/mol. The minimum atomic E-state index is -4.69. The molecular weight excluding hydrogens is 880 g/mol. The maximum absolute atomic E-state index is 13.5. The van der Waals surface area contributed by atoms with Crippen molar-refractivity contribution in [2.75, 3.05) is 40.9 Å². The van der Waals surface area contributed by atoms with Crippen molar-refractivity contribution in [2.45, 2.75) is 303 Å². The van der Waals surface area contributed by atoms with Gasteiger partial charge in [-0.05, 0) is 57.4 Å². The Hall–Kier alpha value is -1.51. The summed E-state index contributed by atoms with van der Waals surface area (Å²) in [6, 6.07) is -0.883. The van der Waals surface area contributed by atoms with Crippen molar-refractivity contribution in [2.24, 2.45) is 0 Å². The summed E-state index contributed by atoms with van der Waals surface area (Å²) in [4.78, 5) is 39.8. The molecule has 0 bridgehead atoms. The zero-order valence-corrected chi connectivity index (χ0v) is 47.4. The summed E-state index contributed by atoms with van der Waals surface area (Å²) in [5.41, 5.74) is 0. The first kappa shape index (κ1) is 67.5. The molecule has 69 heavy (non-hydrogen) atoms. The molecule has 0 aromatic rings. The lowest BCUT2D eigenvalue weighted by Gasteiger charge is -2.30. The minimum absolute atomic E-state index is 0.0199. The lowest BCUT2D eigenvalue weighted by molar-refractivity contribution is -0.870. The smallest absolute Gasteiger partial charge is 0.306 e. The van der Waals surface area contributed by atoms with Gasteiger partial charge in [0.05, 0.1) is 33.8 Å². The molecular formula is C59H115N2O7P. The summed E-state index contributed by atoms with van der Waals surface area (Å²) in [5, 5.41) is 3.02. The van der Waals surface area contributed by atoms with Crippen LogP contribution in [0.4, 0.5) is 0 Å². The minimum Gasteiger partial charge on any atom is -0.756 e. The number of nitrogens with one attached hydrogen (secondary N) is 1. The van der Waals surface area contributed by atoms with Crippen LogP contribution in [0.25, 0.3) is 0 Å². The van der Waals surface area contributed by atoms with E-state index >= 15 is 0 Å². The predicted octanol–water partition coefficient (Wildman–Crippen LogP) is 17.1. The highest BCUT2D eigenvalue weighted by molar-refractivity contribution is 7.45. The number of unbranched alkanes of at least 4 members (excludes halogenated alkanes) is 36. The molecule has 0 spiro atoms. The molecule has 3 unspecified atom stereocenters. The van der Waals surface area contributed by atoms with Crippen molar-refractivity contribution < 1.29 is 37.3 Å². The van der Waals surface area contributed by atoms with E-state index < -0.39 is 20.0 Å². The van der Waals surface area contributed by atoms with E-state index in [1.54, 1.807) is 0 Å². The molecule has 0 fully saturated rings. The highest BCUT2D eigenvalue weighted by Crippen LogP contribution is 2.38. The summed E-state index contributed by atoms with van der Waals surface area (Å²) in [6.07, 6.45) is 57.1. The molecule has 0 rings (SSSR count). The van der Waals surface area contributed by atoms with Crippen LogP contribution in [-0.4, -0.2) is 69.4 Å². The van der Waals surface area contributed by atoms with Crippen LogP contribution >= 0.6 is 7.82 Å². The molecule has 0 saturated carbocycles. The van der Waals surface area contributed by atoms with Crippen LogP contribution in [0.15, 0.2) is 24.3 Å². The second-order valence-corrected chi connectivity index (χ2v) is 22.9. The third-order valence-corrected chi connectivity index (χ3v) is 14.3. The average Bonchev–Trinajstić information content (AvgIpc) is 3.31. The fourth-order valence-corrected chi connectivity index (χ4v) is 9.48. The van der Waals surface area contributed by atoms with Crippen molar-refractivity contribution >= 4 is 19.7 Å². The molecule has 0 aliphatic heterocycles. The van der Waals surface area contributed by atoms with E-state index in [0.717, 1.165) is 70.6 Å². The largest absolute Gasteiger partial charge is 0.756 e. The maximum atomic E-state index is 13.5. The molecule has 1 amide bonds. The molecule has 1 N–H and O–H groups in total. The number of ether oxygens (including phenoxy) is 1. The van der Waals surface area contributed by atoms with Crippen LogP contribution in [0.1, 0.15) is 290 Å². The van der Waals surface area contributed by atoms with E-state index in [1.165, 1.54) is 186 Å². The van der Waals surface area contributed by atoms with Crippen molar-refractivity contribution in [1.29, 1.82) is 0 Å². The normalized spacial score (nSPS) is 13.9. The third kappa shape index (κ3) is 51.2. The highest BCUT2D eigenvalue weighted by atomic mass is 31.2. The van der Waals surface area contributed by atoms with Crippen molar-refractivity contribution in [3.63, 3.8) is 0 Å². The van der Waals surface area contributed by atoms with Crippen molar-refractivity contribution in [3.05, 3.63) is 24.3 Å². The summed E-state index contributed by atoms with van der Waals surface area (Å²) in [6.45, 7) is 6.86. The third-order valence-electron chi connectivity index (χ3n) is 13.4. The number of amides is 1. The summed E-state index contributed by atoms with van der Waals surface area (Å²) < 4.78 is 30.2. The Morgan fingerprint density at radius 3 is 1.23 bits per heavy atom. The van der Waals surface area contributed by atoms with Gasteiger partial charge < -0.3 is 28.5 Å². The van der Waals surface area contributed by atoms with Gasteiger partial charge in [-0.25, -0.2) is 0 Å². The summed E-state index contributed by atoms with van der Waals surface area (Å²) in [5.74, 6) is -0.533. The Morgan fingerprint density at radius 1 is 0.493 bits per heavy atom. The number of allylic oxidation sites excluding steroid dienone is 3. The van der Waals surface area contributed by atoms with Gasteiger partial charge in [0.2, 0.25) is 5.91 Å². The number of nitrogens with zero attached hydrogens (tertiary/aromatic N) is 1. The quantitative estimate of drug-likeness (QED) is 0.0212. The monoisotopic (exact) mass is 995 g/mol. The number of rotatable bonds is 54. The van der Waals surface area contributed by atoms with E-state index in [2.05, 4.69) is 38.2 Å². The van der Waals surface area contributed by atoms with Gasteiger partial charge in [-0.1, -0.05) is 244 Å². The van der Waals surface area contributed by atoms with E-state index in [1.807, 2.05) is 33.3 Å². The number of likely N-dealkylation sites (N-methyl/N-ethyl adjacent to an activating group) is 1. The number of phosphoric acid groups is 1. The Balaban J connectivity index is 5.26. The van der Waals surface area contributed by atoms with Crippen LogP contribution < -0.4 is 10.2 Å². The van der Waals surface area contributed by atoms with E-state index in [4.69, 9.17) is 13.8 Å². The number of quaternary nitrogens is 1. The first-order valence-corrected chi connectivity index (χ1v) is 31.1. The summed E-state index contributed by atoms with van der Waals surface area (Å²) in [7, 11) is 1.19. The molecule has 10 heteroatoms. The molecule has 0 saturated heterocycles. The zero-order chi connectivity index (χ0) is 50.8. The number of esters is 1. The molecule has 3 atom stereocenters. The Morgan fingerprint density at radius 2 is 0.841 bits per heavy atom. The van der Waals surface area contributed by atoms with E-state index in [-0.39, 0.29) is 31.5 Å². The van der Waals surface area contributed by atoms with E-state index in [9.17, 15) is 19.0 Å². The van der Waals surface area contributed by atoms with Crippen LogP contribution in [0.3, 0.4) is 0 Å². The molecule has 0 aliphatic carbocycles. The lowest BCUT2D eigenvalue weighted by atomic mass is 10.0. The summed E-state index contributed by atoms with van der Waals surface area (Å²) >= 11 is 0. The van der Waals surface area contributed by atoms with E-state index in [0.29, 0.717) is 17.4 Å². The van der Waals surface area contributed by atoms with Crippen LogP contribution in [-0.2, 0) is 27.9 Å². The SMILES string of the molecule is CCCCCCCC/C=C/CCCCCCCCCC(=O)NC(COP(=O)([O-])OCC[N+](C)(C)C)C(/C=C/CCCCCCCCCCC)OC(=O)CCCCCCCCCCCCCCCCC. The molecule has 9 nitrogen and oxygen atoms in total. The fourth-order valence-electron chi connectivity index (χ4n) is 8.75. The van der Waals surface area contributed by atoms with Gasteiger partial charge in [-0.15, -0.1) is 0 Å². The van der Waals surface area contributed by atoms with Crippen molar-refractivity contribution in [3.8, 4) is 0 Å². The van der Waals surface area contributed by atoms with Gasteiger partial charge in [0.1, 0.15) is 19.3 Å². The van der Waals surface area contributed by atoms with Crippen molar-refractivity contribution in [1.82, 2.24) is 5.32 Å². The molecule has 0 aliphatic rings. The lowest BCUT2D eigenvalue weighted by Crippen LogP contribution is -2.47. The Labute approximate surface area is 428 Å². The molecule has 0 aromatic heterocycles. The van der Waals surface area contributed by atoms with Gasteiger partial charge in [0.15, 0.2) is 0 Å². The van der Waals surface area contributed by atoms with Crippen LogP contribution in [0.5, 0.6) is 0 Å². The maximum Gasteiger partial charge on any atom is 0.306 e. The zero-order valence-electron chi connectivity index (χ0n) is 46.5. The highest BCUT2D eigenvalue weighted by Gasteiger charge is 2.27. The Bertz CT molecular complexity index is 1240. The first-order valence-electron chi connectivity index (χ1n) is 29.6. The average molecular weight is 996 g/mol. The first-order chi connectivity index (χ1) is 33.4. The van der Waals surface area contributed by atoms with Crippen LogP contribution in [0.2, 0.25) is 0 Å². The number of carbonyl (C=O) groups excluding carboxylic acids is 2. The van der Waals surface area contributed by atoms with Crippen LogP contribution in [0, 0.1) is 0 Å². The molecule has 0 aromatic carbocycles. The fraction of sp³-hybridized carbons (Fsp3) is 0.898. The number of hydrogen-bond acceptors (Lipinski definition) is 7. The molecule has 0 heterocycles. The molecule has 0 radical (unpaired) electrons. The Kier molecular flexibility index (Phi) is 48.9. The standard InChI is InChI=1S/C59H115N2O7P/c1-7-10-13-16-19-22-25-27-29-30-32-33-36-39-42-45-48-51-58(62)60-56(55-67-69(64,65)66-54-53-61(4,5)6)57(50-47-44-41-38-35-24-21-18-15-12-9-3)68-59(63)52-49-46-43-40-37-34-31-28-26-23-20-17-14-11-8-2/h27,29,47,50,56-57H,7-26,28,30-46,48-49,51-55H2,1-6H3,(H-,60,62,64,65)/b29-27+,50-47+. The number of carbonyl (C=O) groups is 2. The van der Waals surface area contributed by atoms with Gasteiger partial charge in [0, 0.05) is 12.8 Å². The van der Waals surface area contributed by atoms with Gasteiger partial charge in [-0.3, -0.25) is 14.2 Å². The second kappa shape index (κ2) is 50.0. The van der Waals surface area contributed by atoms with Gasteiger partial charge in [-0.2, -0.15) is 0 Å². The number of hydrogen-bond donors (Lipinski definition) is 1. The van der Waals surface area contributed by atoms with Gasteiger partial charge >= 0.3 is 5.97 Å². The topological polar surface area (TPSA) is 114 Å². The van der Waals surface area contributed by atoms with Gasteiger partial charge in [0.25, 0.3) is 7.82 Å².